The van der Waals surface area contributed by atoms with Gasteiger partial charge >= 0.3 is 39.5 Å². The van der Waals surface area contributed by atoms with Gasteiger partial charge in [0.15, 0.2) is 12.2 Å². The minimum Gasteiger partial charge on any atom is -0.462 e. The van der Waals surface area contributed by atoms with Gasteiger partial charge < -0.3 is 33.8 Å². The fourth-order valence-electron chi connectivity index (χ4n) is 9.25. The van der Waals surface area contributed by atoms with E-state index in [9.17, 15) is 43.2 Å². The summed E-state index contributed by atoms with van der Waals surface area (Å²) in [5, 5.41) is 10.6. The molecule has 0 spiro atoms. The number of allylic oxidation sites excluding steroid dienone is 38. The molecule has 0 aliphatic heterocycles. The summed E-state index contributed by atoms with van der Waals surface area (Å²) in [6, 6.07) is 0. The predicted molar refractivity (Wildman–Crippen MR) is 444 cm³/mol. The van der Waals surface area contributed by atoms with Crippen LogP contribution in [0.4, 0.5) is 0 Å². The zero-order valence-corrected chi connectivity index (χ0v) is 67.7. The molecule has 0 aromatic carbocycles. The molecule has 0 aromatic rings. The maximum absolute atomic E-state index is 13.1. The van der Waals surface area contributed by atoms with Gasteiger partial charge in [-0.15, -0.1) is 0 Å². The molecule has 0 heterocycles. The van der Waals surface area contributed by atoms with E-state index in [0.29, 0.717) is 44.9 Å². The first-order valence-corrected chi connectivity index (χ1v) is 42.6. The molecule has 5 unspecified atom stereocenters. The molecule has 0 aromatic heterocycles. The molecule has 0 saturated carbocycles. The van der Waals surface area contributed by atoms with Crippen LogP contribution in [0.1, 0.15) is 246 Å². The molecule has 5 atom stereocenters. The normalized spacial score (nSPS) is 15.1. The van der Waals surface area contributed by atoms with Gasteiger partial charge in [-0.3, -0.25) is 37.3 Å². The fourth-order valence-corrected chi connectivity index (χ4v) is 10.8. The van der Waals surface area contributed by atoms with Gasteiger partial charge in [-0.2, -0.15) is 0 Å². The number of aliphatic hydroxyl groups is 1. The van der Waals surface area contributed by atoms with Gasteiger partial charge in [0.05, 0.1) is 26.4 Å². The van der Waals surface area contributed by atoms with Crippen molar-refractivity contribution in [3.05, 3.63) is 231 Å². The van der Waals surface area contributed by atoms with Crippen molar-refractivity contribution in [3.63, 3.8) is 0 Å². The molecule has 0 rings (SSSR count). The van der Waals surface area contributed by atoms with Crippen LogP contribution in [0.3, 0.4) is 0 Å². The van der Waals surface area contributed by atoms with Crippen molar-refractivity contribution in [2.45, 2.75) is 264 Å². The number of carbonyl (C=O) groups is 4. The van der Waals surface area contributed by atoms with E-state index < -0.39 is 97.5 Å². The lowest BCUT2D eigenvalue weighted by atomic mass is 10.1. The lowest BCUT2D eigenvalue weighted by molar-refractivity contribution is -0.161. The van der Waals surface area contributed by atoms with E-state index in [1.165, 1.54) is 0 Å². The topological polar surface area (TPSA) is 237 Å². The molecular weight excluding hydrogens is 1400 g/mol. The van der Waals surface area contributed by atoms with Gasteiger partial charge in [-0.05, 0) is 186 Å². The summed E-state index contributed by atoms with van der Waals surface area (Å²) in [5.74, 6) is -2.43. The van der Waals surface area contributed by atoms with Gasteiger partial charge in [0.2, 0.25) is 0 Å². The highest BCUT2D eigenvalue weighted by atomic mass is 31.2. The molecule has 0 aliphatic rings. The number of aliphatic hydroxyl groups excluding tert-OH is 1. The molecule has 0 saturated heterocycles. The third kappa shape index (κ3) is 77.3. The van der Waals surface area contributed by atoms with Gasteiger partial charge in [-0.25, -0.2) is 9.13 Å². The second-order valence-electron chi connectivity index (χ2n) is 25.1. The molecule has 19 heteroatoms. The first-order chi connectivity index (χ1) is 52.7. The molecule has 0 fully saturated rings. The van der Waals surface area contributed by atoms with Crippen LogP contribution in [0.5, 0.6) is 0 Å². The van der Waals surface area contributed by atoms with E-state index in [4.69, 9.17) is 37.0 Å². The van der Waals surface area contributed by atoms with Crippen molar-refractivity contribution in [3.8, 4) is 0 Å². The average Bonchev–Trinajstić information content (AvgIpc) is 0.901. The van der Waals surface area contributed by atoms with Crippen LogP contribution in [0.25, 0.3) is 0 Å². The summed E-state index contributed by atoms with van der Waals surface area (Å²) in [6.07, 6.45) is 101. The smallest absolute Gasteiger partial charge is 0.462 e. The Morgan fingerprint density at radius 2 is 0.463 bits per heavy atom. The van der Waals surface area contributed by atoms with Crippen molar-refractivity contribution in [1.82, 2.24) is 0 Å². The van der Waals surface area contributed by atoms with Gasteiger partial charge in [0, 0.05) is 25.7 Å². The Bertz CT molecular complexity index is 2960. The lowest BCUT2D eigenvalue weighted by Crippen LogP contribution is -2.30. The first kappa shape index (κ1) is 101. The maximum atomic E-state index is 13.1. The van der Waals surface area contributed by atoms with Gasteiger partial charge in [0.25, 0.3) is 0 Å². The zero-order valence-electron chi connectivity index (χ0n) is 65.9. The summed E-state index contributed by atoms with van der Waals surface area (Å²) in [5.41, 5.74) is 0. The summed E-state index contributed by atoms with van der Waals surface area (Å²) >= 11 is 0. The molecule has 0 aliphatic carbocycles. The average molecular weight is 1540 g/mol. The molecule has 108 heavy (non-hydrogen) atoms. The van der Waals surface area contributed by atoms with E-state index in [1.807, 2.05) is 30.4 Å². The highest BCUT2D eigenvalue weighted by molar-refractivity contribution is 7.47. The fraction of sp³-hybridized carbons (Fsp3) is 0.528. The first-order valence-electron chi connectivity index (χ1n) is 39.6. The zero-order chi connectivity index (χ0) is 78.9. The van der Waals surface area contributed by atoms with E-state index in [0.717, 1.165) is 148 Å². The Balaban J connectivity index is 5.57. The number of unbranched alkanes of at least 4 members (excludes halogenated alkanes) is 7. The third-order valence-corrected chi connectivity index (χ3v) is 17.0. The summed E-state index contributed by atoms with van der Waals surface area (Å²) in [4.78, 5) is 73.0. The number of hydrogen-bond acceptors (Lipinski definition) is 15. The third-order valence-electron chi connectivity index (χ3n) is 15.1. The quantitative estimate of drug-likeness (QED) is 0.0169. The Morgan fingerprint density at radius 3 is 0.741 bits per heavy atom. The second kappa shape index (κ2) is 78.2. The summed E-state index contributed by atoms with van der Waals surface area (Å²) in [7, 11) is -10.0. The number of esters is 4. The Kier molecular flexibility index (Phi) is 73.3. The van der Waals surface area contributed by atoms with Crippen LogP contribution in [0.2, 0.25) is 0 Å². The Morgan fingerprint density at radius 1 is 0.259 bits per heavy atom. The Labute approximate surface area is 651 Å². The van der Waals surface area contributed by atoms with E-state index >= 15 is 0 Å². The minimum absolute atomic E-state index is 0.00825. The maximum Gasteiger partial charge on any atom is 0.472 e. The van der Waals surface area contributed by atoms with Crippen molar-refractivity contribution in [1.29, 1.82) is 0 Å². The van der Waals surface area contributed by atoms with Crippen molar-refractivity contribution in [2.24, 2.45) is 0 Å². The highest BCUT2D eigenvalue weighted by Crippen LogP contribution is 2.45. The van der Waals surface area contributed by atoms with E-state index in [2.05, 4.69) is 228 Å². The monoisotopic (exact) mass is 1540 g/mol. The lowest BCUT2D eigenvalue weighted by Gasteiger charge is -2.21. The van der Waals surface area contributed by atoms with Crippen LogP contribution >= 0.6 is 15.6 Å². The minimum atomic E-state index is -5.03. The molecule has 3 N–H and O–H groups in total. The number of ether oxygens (including phenoxy) is 4. The molecule has 0 radical (unpaired) electrons. The number of carbonyl (C=O) groups excluding carboxylic acids is 4. The predicted octanol–water partition coefficient (Wildman–Crippen LogP) is 23.4. The molecular formula is C89H136O17P2. The Hall–Kier alpha value is -6.88. The molecule has 0 bridgehead atoms. The van der Waals surface area contributed by atoms with E-state index in [-0.39, 0.29) is 25.7 Å². The van der Waals surface area contributed by atoms with E-state index in [1.54, 1.807) is 0 Å². The number of phosphoric acid groups is 2. The standard InChI is InChI=1S/C89H136O17P2/c1-5-9-13-17-21-25-29-33-37-40-41-44-47-50-54-58-62-66-70-74-87(92)100-79-84(105-88(93)75-71-67-63-59-55-51-45-36-32-28-24-20-16-12-8-4)81-103-107(95,96)101-77-83(90)78-102-108(97,98)104-82-85(106-89(94)76-72-68-64-60-56-52-48-43-39-35-31-27-23-19-15-11-7-3)80-99-86(91)73-69-65-61-57-53-49-46-42-38-34-30-26-22-18-14-10-6-2/h9-16,21-28,33-39,41,44-46,48-50,52,54-55,57,59-61,64,83-85,90H,5-8,17-20,29-32,40,42-43,47,51,53,56,58,62-63,65-82H2,1-4H3,(H,95,96)(H,97,98)/b13-9-,14-10-,15-11-,16-12-,25-21-,26-22-,27-23-,28-24-,37-33-,38-34-,39-35-,44-41-,45-36-,49-46-,52-48-,54-50-,59-55-,61-57-,64-60-. The van der Waals surface area contributed by atoms with Crippen LogP contribution < -0.4 is 0 Å². The summed E-state index contributed by atoms with van der Waals surface area (Å²) in [6.45, 7) is 4.14. The molecule has 0 amide bonds. The second-order valence-corrected chi connectivity index (χ2v) is 28.0. The van der Waals surface area contributed by atoms with Crippen LogP contribution in [-0.4, -0.2) is 96.7 Å². The van der Waals surface area contributed by atoms with Crippen LogP contribution in [0, 0.1) is 0 Å². The largest absolute Gasteiger partial charge is 0.472 e. The van der Waals surface area contributed by atoms with Crippen molar-refractivity contribution >= 4 is 39.5 Å². The van der Waals surface area contributed by atoms with Crippen molar-refractivity contribution in [2.75, 3.05) is 39.6 Å². The SMILES string of the molecule is CC/C=C\C/C=C\C/C=C\C/C=C\C/C=C\CCCCCC(=O)OCC(COP(=O)(O)OCC(O)COP(=O)(O)OCC(COC(=O)CCC/C=C\C/C=C\C/C=C\C/C=C\C/C=C\CC)OC(=O)CCC/C=C\C/C=C\C/C=C\C/C=C\C/C=C\CC)OC(=O)CCCC/C=C\C/C=C\C/C=C\C/C=C\CC. The molecule has 604 valence electrons. The number of rotatable bonds is 71. The van der Waals surface area contributed by atoms with Gasteiger partial charge in [0.1, 0.15) is 19.3 Å². The number of phosphoric ester groups is 2. The summed E-state index contributed by atoms with van der Waals surface area (Å²) < 4.78 is 68.4. The van der Waals surface area contributed by atoms with Crippen LogP contribution in [0.15, 0.2) is 231 Å². The van der Waals surface area contributed by atoms with Crippen LogP contribution in [-0.2, 0) is 65.4 Å². The molecule has 17 nitrogen and oxygen atoms in total. The highest BCUT2D eigenvalue weighted by Gasteiger charge is 2.30. The van der Waals surface area contributed by atoms with Crippen molar-refractivity contribution < 1.29 is 80.2 Å². The number of hydrogen-bond donors (Lipinski definition) is 3. The van der Waals surface area contributed by atoms with Gasteiger partial charge in [-0.1, -0.05) is 265 Å².